The van der Waals surface area contributed by atoms with Crippen molar-refractivity contribution in [1.29, 1.82) is 0 Å². The molecule has 0 fully saturated rings. The van der Waals surface area contributed by atoms with Crippen molar-refractivity contribution in [3.05, 3.63) is 63.6 Å². The molecule has 20 heavy (non-hydrogen) atoms. The molecule has 0 aliphatic heterocycles. The third-order valence-electron chi connectivity index (χ3n) is 3.13. The van der Waals surface area contributed by atoms with Crippen LogP contribution < -0.4 is 10.5 Å². The summed E-state index contributed by atoms with van der Waals surface area (Å²) in [7, 11) is 0. The fraction of sp³-hybridized carbons (Fsp3) is 0.250. The van der Waals surface area contributed by atoms with E-state index >= 15 is 0 Å². The SMILES string of the molecule is Cc1ccccc1C(Oc1ccc(Cl)c(Cl)c1)C(C)N. The molecule has 2 N–H and O–H groups in total. The molecule has 0 bridgehead atoms. The molecular weight excluding hydrogens is 293 g/mol. The fourth-order valence-corrected chi connectivity index (χ4v) is 2.34. The molecular formula is C16H17Cl2NO. The van der Waals surface area contributed by atoms with Crippen LogP contribution in [0.15, 0.2) is 42.5 Å². The molecule has 2 rings (SSSR count). The van der Waals surface area contributed by atoms with Gasteiger partial charge in [0.15, 0.2) is 0 Å². The van der Waals surface area contributed by atoms with Crippen LogP contribution >= 0.6 is 23.2 Å². The lowest BCUT2D eigenvalue weighted by Crippen LogP contribution is -2.29. The minimum Gasteiger partial charge on any atom is -0.484 e. The van der Waals surface area contributed by atoms with Crippen molar-refractivity contribution < 1.29 is 4.74 Å². The zero-order valence-electron chi connectivity index (χ0n) is 11.4. The van der Waals surface area contributed by atoms with Crippen molar-refractivity contribution in [2.45, 2.75) is 26.0 Å². The molecule has 0 aromatic heterocycles. The van der Waals surface area contributed by atoms with Crippen LogP contribution in [0.25, 0.3) is 0 Å². The van der Waals surface area contributed by atoms with E-state index in [9.17, 15) is 0 Å². The van der Waals surface area contributed by atoms with Crippen LogP contribution in [0.5, 0.6) is 5.75 Å². The highest BCUT2D eigenvalue weighted by Crippen LogP contribution is 2.31. The lowest BCUT2D eigenvalue weighted by Gasteiger charge is -2.24. The Morgan fingerprint density at radius 1 is 1.05 bits per heavy atom. The van der Waals surface area contributed by atoms with E-state index in [-0.39, 0.29) is 12.1 Å². The Morgan fingerprint density at radius 2 is 1.75 bits per heavy atom. The summed E-state index contributed by atoms with van der Waals surface area (Å²) in [6.07, 6.45) is -0.228. The van der Waals surface area contributed by atoms with Crippen LogP contribution in [0.1, 0.15) is 24.2 Å². The first-order chi connectivity index (χ1) is 9.49. The standard InChI is InChI=1S/C16H17Cl2NO/c1-10-5-3-4-6-13(10)16(11(2)19)20-12-7-8-14(17)15(18)9-12/h3-9,11,16H,19H2,1-2H3. The van der Waals surface area contributed by atoms with Gasteiger partial charge in [0, 0.05) is 12.1 Å². The quantitative estimate of drug-likeness (QED) is 0.883. The summed E-state index contributed by atoms with van der Waals surface area (Å²) in [6.45, 7) is 3.97. The van der Waals surface area contributed by atoms with Gasteiger partial charge < -0.3 is 10.5 Å². The summed E-state index contributed by atoms with van der Waals surface area (Å²) in [5.74, 6) is 0.657. The lowest BCUT2D eigenvalue weighted by molar-refractivity contribution is 0.180. The molecule has 2 aromatic rings. The molecule has 2 unspecified atom stereocenters. The molecule has 0 aliphatic rings. The predicted octanol–water partition coefficient (Wildman–Crippen LogP) is 4.77. The number of nitrogens with two attached hydrogens (primary N) is 1. The molecule has 0 amide bonds. The number of aryl methyl sites for hydroxylation is 1. The Morgan fingerprint density at radius 3 is 2.35 bits per heavy atom. The molecule has 0 radical (unpaired) electrons. The number of ether oxygens (including phenoxy) is 1. The third-order valence-corrected chi connectivity index (χ3v) is 3.87. The number of halogens is 2. The Kier molecular flexibility index (Phi) is 4.92. The van der Waals surface area contributed by atoms with E-state index in [2.05, 4.69) is 0 Å². The van der Waals surface area contributed by atoms with Crippen molar-refractivity contribution in [2.24, 2.45) is 5.73 Å². The average Bonchev–Trinajstić information content (AvgIpc) is 2.41. The molecule has 2 atom stereocenters. The fourth-order valence-electron chi connectivity index (χ4n) is 2.06. The summed E-state index contributed by atoms with van der Waals surface area (Å²) < 4.78 is 6.01. The van der Waals surface area contributed by atoms with E-state index < -0.39 is 0 Å². The highest BCUT2D eigenvalue weighted by molar-refractivity contribution is 6.42. The smallest absolute Gasteiger partial charge is 0.139 e. The van der Waals surface area contributed by atoms with Crippen LogP contribution in [-0.2, 0) is 0 Å². The minimum absolute atomic E-state index is 0.148. The largest absolute Gasteiger partial charge is 0.484 e. The summed E-state index contributed by atoms with van der Waals surface area (Å²) in [4.78, 5) is 0. The molecule has 2 nitrogen and oxygen atoms in total. The molecule has 106 valence electrons. The van der Waals surface area contributed by atoms with Crippen LogP contribution in [0.2, 0.25) is 10.0 Å². The second-order valence-corrected chi connectivity index (χ2v) is 5.64. The van der Waals surface area contributed by atoms with Crippen LogP contribution in [-0.4, -0.2) is 6.04 Å². The zero-order chi connectivity index (χ0) is 14.7. The minimum atomic E-state index is -0.228. The van der Waals surface area contributed by atoms with Gasteiger partial charge in [0.05, 0.1) is 10.0 Å². The van der Waals surface area contributed by atoms with E-state index in [1.54, 1.807) is 18.2 Å². The van der Waals surface area contributed by atoms with Gasteiger partial charge in [-0.3, -0.25) is 0 Å². The second-order valence-electron chi connectivity index (χ2n) is 4.83. The highest BCUT2D eigenvalue weighted by atomic mass is 35.5. The molecule has 0 saturated carbocycles. The van der Waals surface area contributed by atoms with Gasteiger partial charge in [-0.05, 0) is 37.1 Å². The van der Waals surface area contributed by atoms with Gasteiger partial charge in [0.1, 0.15) is 11.9 Å². The van der Waals surface area contributed by atoms with E-state index in [1.807, 2.05) is 38.1 Å². The Bertz CT molecular complexity index is 599. The molecule has 0 aliphatic carbocycles. The number of hydrogen-bond donors (Lipinski definition) is 1. The Labute approximate surface area is 129 Å². The number of hydrogen-bond acceptors (Lipinski definition) is 2. The summed E-state index contributed by atoms with van der Waals surface area (Å²) in [6, 6.07) is 13.1. The lowest BCUT2D eigenvalue weighted by atomic mass is 9.99. The van der Waals surface area contributed by atoms with E-state index in [0.717, 1.165) is 11.1 Å². The first kappa shape index (κ1) is 15.2. The molecule has 0 spiro atoms. The second kappa shape index (κ2) is 6.49. The van der Waals surface area contributed by atoms with E-state index in [0.29, 0.717) is 15.8 Å². The van der Waals surface area contributed by atoms with Gasteiger partial charge in [-0.2, -0.15) is 0 Å². The maximum Gasteiger partial charge on any atom is 0.139 e. The monoisotopic (exact) mass is 309 g/mol. The predicted molar refractivity (Wildman–Crippen MR) is 84.7 cm³/mol. The van der Waals surface area contributed by atoms with E-state index in [4.69, 9.17) is 33.7 Å². The number of rotatable bonds is 4. The van der Waals surface area contributed by atoms with Crippen LogP contribution in [0.3, 0.4) is 0 Å². The van der Waals surface area contributed by atoms with Gasteiger partial charge >= 0.3 is 0 Å². The van der Waals surface area contributed by atoms with E-state index in [1.165, 1.54) is 0 Å². The van der Waals surface area contributed by atoms with Gasteiger partial charge in [-0.15, -0.1) is 0 Å². The highest BCUT2D eigenvalue weighted by Gasteiger charge is 2.20. The van der Waals surface area contributed by atoms with Gasteiger partial charge in [-0.1, -0.05) is 47.5 Å². The third kappa shape index (κ3) is 3.45. The van der Waals surface area contributed by atoms with Crippen molar-refractivity contribution in [3.63, 3.8) is 0 Å². The summed E-state index contributed by atoms with van der Waals surface area (Å²) in [5.41, 5.74) is 8.29. The first-order valence-corrected chi connectivity index (χ1v) is 7.17. The van der Waals surface area contributed by atoms with Crippen LogP contribution in [0, 0.1) is 6.92 Å². The maximum absolute atomic E-state index is 6.07. The van der Waals surface area contributed by atoms with Gasteiger partial charge in [-0.25, -0.2) is 0 Å². The van der Waals surface area contributed by atoms with Gasteiger partial charge in [0.2, 0.25) is 0 Å². The van der Waals surface area contributed by atoms with Crippen LogP contribution in [0.4, 0.5) is 0 Å². The summed E-state index contributed by atoms with van der Waals surface area (Å²) >= 11 is 11.9. The van der Waals surface area contributed by atoms with Crippen molar-refractivity contribution in [3.8, 4) is 5.75 Å². The zero-order valence-corrected chi connectivity index (χ0v) is 12.9. The molecule has 0 saturated heterocycles. The Hall–Kier alpha value is -1.22. The Balaban J connectivity index is 2.31. The van der Waals surface area contributed by atoms with Crippen molar-refractivity contribution in [2.75, 3.05) is 0 Å². The number of benzene rings is 2. The normalized spacial score (nSPS) is 13.8. The van der Waals surface area contributed by atoms with Crippen molar-refractivity contribution in [1.82, 2.24) is 0 Å². The molecule has 4 heteroatoms. The van der Waals surface area contributed by atoms with Crippen molar-refractivity contribution >= 4 is 23.2 Å². The van der Waals surface area contributed by atoms with Gasteiger partial charge in [0.25, 0.3) is 0 Å². The molecule has 2 aromatic carbocycles. The molecule has 0 heterocycles. The summed E-state index contributed by atoms with van der Waals surface area (Å²) in [5, 5.41) is 0.977. The maximum atomic E-state index is 6.07. The topological polar surface area (TPSA) is 35.2 Å². The average molecular weight is 310 g/mol. The first-order valence-electron chi connectivity index (χ1n) is 6.42.